The summed E-state index contributed by atoms with van der Waals surface area (Å²) in [7, 11) is 1.62. The summed E-state index contributed by atoms with van der Waals surface area (Å²) < 4.78 is 7.77. The van der Waals surface area contributed by atoms with E-state index in [4.69, 9.17) is 9.72 Å². The lowest BCUT2D eigenvalue weighted by Crippen LogP contribution is -2.55. The van der Waals surface area contributed by atoms with Crippen LogP contribution in [0.2, 0.25) is 0 Å². The minimum atomic E-state index is -0.0748. The van der Waals surface area contributed by atoms with E-state index in [1.807, 2.05) is 22.9 Å². The Labute approximate surface area is 296 Å². The summed E-state index contributed by atoms with van der Waals surface area (Å²) in [4.78, 5) is 32.9. The van der Waals surface area contributed by atoms with Gasteiger partial charge in [0.05, 0.1) is 30.7 Å². The highest BCUT2D eigenvalue weighted by Crippen LogP contribution is 2.44. The van der Waals surface area contributed by atoms with E-state index in [9.17, 15) is 10.1 Å². The fourth-order valence-corrected chi connectivity index (χ4v) is 8.94. The van der Waals surface area contributed by atoms with E-state index in [2.05, 4.69) is 62.6 Å². The molecule has 0 radical (unpaired) electrons. The number of nitrogens with one attached hydrogen (secondary N) is 3. The number of nitrogens with zero attached hydrogens (tertiary/aromatic N) is 7. The second-order valence-corrected chi connectivity index (χ2v) is 14.9. The topological polar surface area (TPSA) is 136 Å². The van der Waals surface area contributed by atoms with Gasteiger partial charge in [0.1, 0.15) is 23.8 Å². The first-order valence-electron chi connectivity index (χ1n) is 18.7. The standard InChI is InChI=1S/C38H52N10O2/c1-5-32-35-31(21-39)42-23-47(35)33-22-41-38(45-36(33)48(32)28-8-6-7-9-28)44-30-11-10-25(19-34(30)50-4)37(49)43-26-14-17-46(27-12-15-40-16-13-27)29(20-26)18-24(2)3/h10-11,19,22-24,26-29,32,40H,5-9,12-18,20H2,1-4H3,(H,43,49)(H,41,44,45)/t26?,29-,32-/m1/s1. The number of carbonyl (C=O) groups excluding carboxylic acids is 1. The van der Waals surface area contributed by atoms with Crippen molar-refractivity contribution in [3.05, 3.63) is 47.7 Å². The average Bonchev–Trinajstić information content (AvgIpc) is 3.82. The highest BCUT2D eigenvalue weighted by Gasteiger charge is 2.39. The number of piperidine rings is 2. The number of anilines is 3. The maximum absolute atomic E-state index is 13.6. The number of fused-ring (bicyclic) bond motifs is 3. The monoisotopic (exact) mass is 680 g/mol. The van der Waals surface area contributed by atoms with Gasteiger partial charge in [-0.3, -0.25) is 14.3 Å². The number of rotatable bonds is 10. The molecule has 1 aromatic carbocycles. The molecule has 1 saturated carbocycles. The second-order valence-electron chi connectivity index (χ2n) is 14.9. The largest absolute Gasteiger partial charge is 0.495 e. The van der Waals surface area contributed by atoms with Gasteiger partial charge in [0.15, 0.2) is 11.5 Å². The molecule has 3 aromatic rings. The normalized spacial score (nSPS) is 23.0. The van der Waals surface area contributed by atoms with E-state index in [0.29, 0.717) is 52.7 Å². The van der Waals surface area contributed by atoms with Crippen molar-refractivity contribution >= 4 is 23.4 Å². The van der Waals surface area contributed by atoms with Crippen LogP contribution in [0.25, 0.3) is 5.69 Å². The lowest BCUT2D eigenvalue weighted by molar-refractivity contribution is 0.0491. The van der Waals surface area contributed by atoms with E-state index >= 15 is 0 Å². The average molecular weight is 681 g/mol. The van der Waals surface area contributed by atoms with Crippen LogP contribution in [0.3, 0.4) is 0 Å². The smallest absolute Gasteiger partial charge is 0.251 e. The number of ether oxygens (including phenoxy) is 1. The molecule has 2 saturated heterocycles. The van der Waals surface area contributed by atoms with E-state index in [0.717, 1.165) is 75.4 Å². The summed E-state index contributed by atoms with van der Waals surface area (Å²) in [5.41, 5.74) is 3.45. The molecular formula is C38H52N10O2. The van der Waals surface area contributed by atoms with Gasteiger partial charge in [0.25, 0.3) is 5.91 Å². The van der Waals surface area contributed by atoms with Crippen molar-refractivity contribution in [3.8, 4) is 17.5 Å². The third-order valence-electron chi connectivity index (χ3n) is 11.2. The number of benzene rings is 1. The number of imidazole rings is 1. The van der Waals surface area contributed by atoms with Crippen LogP contribution < -0.4 is 25.6 Å². The third-order valence-corrected chi connectivity index (χ3v) is 11.2. The number of likely N-dealkylation sites (tertiary alicyclic amines) is 1. The van der Waals surface area contributed by atoms with Gasteiger partial charge in [-0.05, 0) is 88.6 Å². The molecule has 3 aliphatic heterocycles. The van der Waals surface area contributed by atoms with Crippen LogP contribution in [-0.2, 0) is 0 Å². The Hall–Kier alpha value is -4.21. The first-order chi connectivity index (χ1) is 24.4. The first-order valence-corrected chi connectivity index (χ1v) is 18.7. The fraction of sp³-hybridized carbons (Fsp3) is 0.605. The van der Waals surface area contributed by atoms with Gasteiger partial charge in [0, 0.05) is 36.3 Å². The maximum atomic E-state index is 13.6. The van der Waals surface area contributed by atoms with Crippen LogP contribution in [-0.4, -0.2) is 81.2 Å². The van der Waals surface area contributed by atoms with Crippen molar-refractivity contribution < 1.29 is 9.53 Å². The minimum Gasteiger partial charge on any atom is -0.495 e. The molecule has 266 valence electrons. The second kappa shape index (κ2) is 15.0. The van der Waals surface area contributed by atoms with Gasteiger partial charge in [-0.2, -0.15) is 10.2 Å². The Morgan fingerprint density at radius 1 is 1.12 bits per heavy atom. The highest BCUT2D eigenvalue weighted by molar-refractivity contribution is 5.95. The summed E-state index contributed by atoms with van der Waals surface area (Å²) in [6.07, 6.45) is 14.4. The molecule has 7 rings (SSSR count). The molecular weight excluding hydrogens is 628 g/mol. The minimum absolute atomic E-state index is 0.00437. The summed E-state index contributed by atoms with van der Waals surface area (Å²) in [5.74, 6) is 2.37. The molecule has 1 unspecified atom stereocenters. The number of carbonyl (C=O) groups is 1. The van der Waals surface area contributed by atoms with E-state index < -0.39 is 0 Å². The zero-order chi connectivity index (χ0) is 34.8. The molecule has 3 atom stereocenters. The zero-order valence-electron chi connectivity index (χ0n) is 30.0. The van der Waals surface area contributed by atoms with Crippen LogP contribution >= 0.6 is 0 Å². The van der Waals surface area contributed by atoms with Gasteiger partial charge in [-0.25, -0.2) is 9.97 Å². The molecule has 5 heterocycles. The van der Waals surface area contributed by atoms with E-state index in [1.165, 1.54) is 25.7 Å². The fourth-order valence-electron chi connectivity index (χ4n) is 8.94. The van der Waals surface area contributed by atoms with Gasteiger partial charge < -0.3 is 25.6 Å². The molecule has 3 fully saturated rings. The zero-order valence-corrected chi connectivity index (χ0v) is 30.0. The Morgan fingerprint density at radius 2 is 1.92 bits per heavy atom. The SMILES string of the molecule is CC[C@@H]1c2c(C#N)ncn2-c2cnc(Nc3ccc(C(=O)NC4CCN(C5CCNCC5)[C@H](CC(C)C)C4)cc3OC)nc2N1C1CCCC1. The molecule has 12 heteroatoms. The number of hydrogen-bond donors (Lipinski definition) is 3. The molecule has 1 amide bonds. The van der Waals surface area contributed by atoms with Crippen molar-refractivity contribution in [2.24, 2.45) is 5.92 Å². The van der Waals surface area contributed by atoms with Crippen LogP contribution in [0.5, 0.6) is 5.75 Å². The lowest BCUT2D eigenvalue weighted by Gasteiger charge is -2.46. The number of aromatic nitrogens is 4. The van der Waals surface area contributed by atoms with Crippen molar-refractivity contribution in [2.45, 2.75) is 115 Å². The van der Waals surface area contributed by atoms with Gasteiger partial charge in [-0.15, -0.1) is 0 Å². The van der Waals surface area contributed by atoms with Crippen molar-refractivity contribution in [1.82, 2.24) is 35.1 Å². The lowest BCUT2D eigenvalue weighted by atomic mass is 9.88. The Bertz CT molecular complexity index is 1700. The molecule has 3 N–H and O–H groups in total. The molecule has 0 bridgehead atoms. The molecule has 0 spiro atoms. The van der Waals surface area contributed by atoms with Crippen molar-refractivity contribution in [2.75, 3.05) is 37.0 Å². The van der Waals surface area contributed by atoms with Gasteiger partial charge >= 0.3 is 0 Å². The molecule has 12 nitrogen and oxygen atoms in total. The van der Waals surface area contributed by atoms with Gasteiger partial charge in [-0.1, -0.05) is 33.6 Å². The number of amides is 1. The molecule has 2 aromatic heterocycles. The number of nitriles is 1. The van der Waals surface area contributed by atoms with Crippen LogP contribution in [0.4, 0.5) is 17.5 Å². The van der Waals surface area contributed by atoms with Crippen LogP contribution in [0.15, 0.2) is 30.7 Å². The predicted octanol–water partition coefficient (Wildman–Crippen LogP) is 5.86. The summed E-state index contributed by atoms with van der Waals surface area (Å²) in [6.45, 7) is 9.97. The maximum Gasteiger partial charge on any atom is 0.251 e. The molecule has 50 heavy (non-hydrogen) atoms. The first kappa shape index (κ1) is 34.2. The third kappa shape index (κ3) is 6.77. The Balaban J connectivity index is 1.08. The number of hydrogen-bond acceptors (Lipinski definition) is 10. The van der Waals surface area contributed by atoms with Crippen molar-refractivity contribution in [1.29, 1.82) is 5.26 Å². The molecule has 4 aliphatic rings. The Kier molecular flexibility index (Phi) is 10.2. The van der Waals surface area contributed by atoms with E-state index in [-0.39, 0.29) is 18.0 Å². The van der Waals surface area contributed by atoms with Crippen LogP contribution in [0.1, 0.15) is 113 Å². The van der Waals surface area contributed by atoms with E-state index in [1.54, 1.807) is 19.5 Å². The van der Waals surface area contributed by atoms with Crippen LogP contribution in [0, 0.1) is 17.2 Å². The quantitative estimate of drug-likeness (QED) is 0.239. The summed E-state index contributed by atoms with van der Waals surface area (Å²) in [6, 6.07) is 9.40. The van der Waals surface area contributed by atoms with Gasteiger partial charge in [0.2, 0.25) is 5.95 Å². The predicted molar refractivity (Wildman–Crippen MR) is 194 cm³/mol. The number of methoxy groups -OCH3 is 1. The highest BCUT2D eigenvalue weighted by atomic mass is 16.5. The summed E-state index contributed by atoms with van der Waals surface area (Å²) in [5, 5.41) is 20.1. The summed E-state index contributed by atoms with van der Waals surface area (Å²) >= 11 is 0. The van der Waals surface area contributed by atoms with Crippen molar-refractivity contribution in [3.63, 3.8) is 0 Å². The molecule has 1 aliphatic carbocycles. The Morgan fingerprint density at radius 3 is 2.64 bits per heavy atom.